The summed E-state index contributed by atoms with van der Waals surface area (Å²) in [4.78, 5) is 34.9. The van der Waals surface area contributed by atoms with Gasteiger partial charge in [0.2, 0.25) is 17.7 Å². The molecule has 2 aliphatic heterocycles. The third-order valence-electron chi connectivity index (χ3n) is 3.57. The van der Waals surface area contributed by atoms with Gasteiger partial charge < -0.3 is 10.1 Å². The maximum atomic E-state index is 12.2. The molecule has 104 valence electrons. The van der Waals surface area contributed by atoms with Crippen LogP contribution >= 0.6 is 0 Å². The van der Waals surface area contributed by atoms with Crippen LogP contribution in [0.1, 0.15) is 24.3 Å². The summed E-state index contributed by atoms with van der Waals surface area (Å²) in [7, 11) is 0. The van der Waals surface area contributed by atoms with Gasteiger partial charge >= 0.3 is 0 Å². The molecular weight excluding hydrogens is 260 g/mol. The summed E-state index contributed by atoms with van der Waals surface area (Å²) in [6.45, 7) is 0.276. The number of ether oxygens (including phenoxy) is 1. The fraction of sp³-hybridized carbons (Fsp3) is 0.357. The van der Waals surface area contributed by atoms with Crippen molar-refractivity contribution in [2.75, 3.05) is 6.61 Å². The van der Waals surface area contributed by atoms with Crippen molar-refractivity contribution in [3.05, 3.63) is 29.8 Å². The molecule has 0 aliphatic carbocycles. The van der Waals surface area contributed by atoms with Gasteiger partial charge in [-0.3, -0.25) is 19.7 Å². The number of imide groups is 1. The first-order chi connectivity index (χ1) is 9.65. The van der Waals surface area contributed by atoms with Crippen LogP contribution in [-0.4, -0.2) is 30.4 Å². The summed E-state index contributed by atoms with van der Waals surface area (Å²) in [6.07, 6.45) is 0.583. The second-order valence-corrected chi connectivity index (χ2v) is 4.91. The highest BCUT2D eigenvalue weighted by Crippen LogP contribution is 2.33. The summed E-state index contributed by atoms with van der Waals surface area (Å²) in [5, 5.41) is 4.91. The molecule has 6 heteroatoms. The molecule has 1 saturated heterocycles. The fourth-order valence-electron chi connectivity index (χ4n) is 2.48. The SMILES string of the molecule is O=C1CCC(NC(=O)C2COc3ccccc32)C(=O)N1. The quantitative estimate of drug-likeness (QED) is 0.748. The Balaban J connectivity index is 1.69. The highest BCUT2D eigenvalue weighted by molar-refractivity contribution is 6.02. The van der Waals surface area contributed by atoms with E-state index in [-0.39, 0.29) is 24.8 Å². The van der Waals surface area contributed by atoms with E-state index < -0.39 is 17.9 Å². The number of rotatable bonds is 2. The first kappa shape index (κ1) is 12.7. The summed E-state index contributed by atoms with van der Waals surface area (Å²) in [5.41, 5.74) is 0.831. The summed E-state index contributed by atoms with van der Waals surface area (Å²) in [6, 6.07) is 6.71. The Labute approximate surface area is 115 Å². The molecule has 2 N–H and O–H groups in total. The largest absolute Gasteiger partial charge is 0.492 e. The number of carbonyl (C=O) groups excluding carboxylic acids is 3. The van der Waals surface area contributed by atoms with Crippen molar-refractivity contribution in [2.45, 2.75) is 24.8 Å². The Bertz CT molecular complexity index is 584. The van der Waals surface area contributed by atoms with E-state index in [9.17, 15) is 14.4 Å². The second-order valence-electron chi connectivity index (χ2n) is 4.91. The standard InChI is InChI=1S/C14H14N2O4/c17-12-6-5-10(14(19)16-12)15-13(18)9-7-20-11-4-2-1-3-8(9)11/h1-4,9-10H,5-7H2,(H,15,18)(H,16,17,19). The maximum absolute atomic E-state index is 12.2. The van der Waals surface area contributed by atoms with Crippen LogP contribution in [0.4, 0.5) is 0 Å². The minimum Gasteiger partial charge on any atom is -0.492 e. The molecule has 1 aromatic rings. The van der Waals surface area contributed by atoms with Gasteiger partial charge in [0.25, 0.3) is 0 Å². The third kappa shape index (κ3) is 2.24. The highest BCUT2D eigenvalue weighted by atomic mass is 16.5. The summed E-state index contributed by atoms with van der Waals surface area (Å²) in [5.74, 6) is -0.686. The van der Waals surface area contributed by atoms with E-state index in [1.807, 2.05) is 24.3 Å². The van der Waals surface area contributed by atoms with Crippen molar-refractivity contribution in [3.63, 3.8) is 0 Å². The molecule has 0 saturated carbocycles. The van der Waals surface area contributed by atoms with Crippen LogP contribution < -0.4 is 15.4 Å². The van der Waals surface area contributed by atoms with Crippen LogP contribution in [0.15, 0.2) is 24.3 Å². The number of amides is 3. The predicted octanol–water partition coefficient (Wildman–Crippen LogP) is 0.0840. The first-order valence-corrected chi connectivity index (χ1v) is 6.51. The predicted molar refractivity (Wildman–Crippen MR) is 69.0 cm³/mol. The number of hydrogen-bond acceptors (Lipinski definition) is 4. The van der Waals surface area contributed by atoms with E-state index in [0.29, 0.717) is 12.2 Å². The van der Waals surface area contributed by atoms with Crippen LogP contribution in [0.2, 0.25) is 0 Å². The lowest BCUT2D eigenvalue weighted by molar-refractivity contribution is -0.137. The number of nitrogens with one attached hydrogen (secondary N) is 2. The van der Waals surface area contributed by atoms with Gasteiger partial charge in [-0.2, -0.15) is 0 Å². The van der Waals surface area contributed by atoms with Gasteiger partial charge in [0, 0.05) is 12.0 Å². The Hall–Kier alpha value is -2.37. The molecule has 1 aromatic carbocycles. The molecule has 3 amide bonds. The monoisotopic (exact) mass is 274 g/mol. The minimum atomic E-state index is -0.645. The Morgan fingerprint density at radius 2 is 2.10 bits per heavy atom. The van der Waals surface area contributed by atoms with Crippen molar-refractivity contribution in [1.29, 1.82) is 0 Å². The molecule has 3 rings (SSSR count). The second kappa shape index (κ2) is 4.96. The lowest BCUT2D eigenvalue weighted by Gasteiger charge is -2.23. The van der Waals surface area contributed by atoms with E-state index >= 15 is 0 Å². The smallest absolute Gasteiger partial charge is 0.249 e. The van der Waals surface area contributed by atoms with Crippen molar-refractivity contribution in [1.82, 2.24) is 10.6 Å². The van der Waals surface area contributed by atoms with Crippen molar-refractivity contribution >= 4 is 17.7 Å². The molecule has 2 atom stereocenters. The minimum absolute atomic E-state index is 0.244. The lowest BCUT2D eigenvalue weighted by Crippen LogP contribution is -2.53. The number of hydrogen-bond donors (Lipinski definition) is 2. The van der Waals surface area contributed by atoms with Gasteiger partial charge in [0.1, 0.15) is 24.3 Å². The molecule has 2 heterocycles. The zero-order valence-electron chi connectivity index (χ0n) is 10.7. The Morgan fingerprint density at radius 3 is 2.90 bits per heavy atom. The number of piperidine rings is 1. The van der Waals surface area contributed by atoms with E-state index in [4.69, 9.17) is 4.74 Å². The lowest BCUT2D eigenvalue weighted by atomic mass is 9.99. The van der Waals surface area contributed by atoms with E-state index in [0.717, 1.165) is 5.56 Å². The van der Waals surface area contributed by atoms with E-state index in [1.54, 1.807) is 0 Å². The summed E-state index contributed by atoms with van der Waals surface area (Å²) >= 11 is 0. The average molecular weight is 274 g/mol. The molecule has 1 fully saturated rings. The Morgan fingerprint density at radius 1 is 1.30 bits per heavy atom. The van der Waals surface area contributed by atoms with Crippen LogP contribution in [0.5, 0.6) is 5.75 Å². The normalized spacial score (nSPS) is 24.6. The van der Waals surface area contributed by atoms with Gasteiger partial charge in [0.15, 0.2) is 0 Å². The number of fused-ring (bicyclic) bond motifs is 1. The van der Waals surface area contributed by atoms with Crippen LogP contribution in [0, 0.1) is 0 Å². The average Bonchev–Trinajstić information content (AvgIpc) is 2.86. The van der Waals surface area contributed by atoms with Gasteiger partial charge in [-0.1, -0.05) is 18.2 Å². The molecule has 0 spiro atoms. The van der Waals surface area contributed by atoms with Crippen LogP contribution in [0.25, 0.3) is 0 Å². The van der Waals surface area contributed by atoms with Crippen molar-refractivity contribution in [3.8, 4) is 5.75 Å². The molecular formula is C14H14N2O4. The van der Waals surface area contributed by atoms with Crippen LogP contribution in [0.3, 0.4) is 0 Å². The maximum Gasteiger partial charge on any atom is 0.249 e. The molecule has 0 radical (unpaired) electrons. The van der Waals surface area contributed by atoms with Gasteiger partial charge in [-0.05, 0) is 12.5 Å². The van der Waals surface area contributed by atoms with Gasteiger partial charge in [-0.15, -0.1) is 0 Å². The molecule has 0 bridgehead atoms. The fourth-order valence-corrected chi connectivity index (χ4v) is 2.48. The molecule has 2 aliphatic rings. The zero-order chi connectivity index (χ0) is 14.1. The first-order valence-electron chi connectivity index (χ1n) is 6.51. The van der Waals surface area contributed by atoms with Gasteiger partial charge in [0.05, 0.1) is 0 Å². The third-order valence-corrected chi connectivity index (χ3v) is 3.57. The van der Waals surface area contributed by atoms with E-state index in [1.165, 1.54) is 0 Å². The van der Waals surface area contributed by atoms with Crippen LogP contribution in [-0.2, 0) is 14.4 Å². The Kier molecular flexibility index (Phi) is 3.14. The molecule has 6 nitrogen and oxygen atoms in total. The number of para-hydroxylation sites is 1. The van der Waals surface area contributed by atoms with E-state index in [2.05, 4.69) is 10.6 Å². The highest BCUT2D eigenvalue weighted by Gasteiger charge is 2.34. The number of benzene rings is 1. The molecule has 20 heavy (non-hydrogen) atoms. The van der Waals surface area contributed by atoms with Crippen molar-refractivity contribution < 1.29 is 19.1 Å². The van der Waals surface area contributed by atoms with Crippen molar-refractivity contribution in [2.24, 2.45) is 0 Å². The summed E-state index contributed by atoms with van der Waals surface area (Å²) < 4.78 is 5.45. The zero-order valence-corrected chi connectivity index (χ0v) is 10.7. The topological polar surface area (TPSA) is 84.5 Å². The molecule has 2 unspecified atom stereocenters. The molecule has 0 aromatic heterocycles. The van der Waals surface area contributed by atoms with Gasteiger partial charge in [-0.25, -0.2) is 0 Å². The number of carbonyl (C=O) groups is 3.